The predicted molar refractivity (Wildman–Crippen MR) is 61.7 cm³/mol. The lowest BCUT2D eigenvalue weighted by Gasteiger charge is -2.06. The van der Waals surface area contributed by atoms with Crippen LogP contribution in [0.3, 0.4) is 0 Å². The van der Waals surface area contributed by atoms with Gasteiger partial charge in [-0.15, -0.1) is 16.8 Å². The van der Waals surface area contributed by atoms with Crippen molar-refractivity contribution in [2.24, 2.45) is 5.73 Å². The van der Waals surface area contributed by atoms with E-state index in [1.807, 2.05) is 6.08 Å². The van der Waals surface area contributed by atoms with Crippen molar-refractivity contribution in [3.05, 3.63) is 18.5 Å². The highest BCUT2D eigenvalue weighted by Gasteiger charge is 2.28. The highest BCUT2D eigenvalue weighted by atomic mass is 32.2. The van der Waals surface area contributed by atoms with E-state index in [1.54, 1.807) is 11.8 Å². The molecule has 0 unspecified atom stereocenters. The molecule has 0 aromatic carbocycles. The second-order valence-electron chi connectivity index (χ2n) is 3.63. The molecule has 0 radical (unpaired) electrons. The van der Waals surface area contributed by atoms with Gasteiger partial charge >= 0.3 is 0 Å². The molecular formula is C10H16N4S. The van der Waals surface area contributed by atoms with Gasteiger partial charge in [-0.1, -0.05) is 17.8 Å². The SMILES string of the molecule is C=CCCSc1nnc(CN)n1C1CC1. The molecule has 82 valence electrons. The fraction of sp³-hybridized carbons (Fsp3) is 0.600. The topological polar surface area (TPSA) is 56.7 Å². The summed E-state index contributed by atoms with van der Waals surface area (Å²) in [6.07, 6.45) is 5.40. The molecule has 4 nitrogen and oxygen atoms in total. The molecule has 1 aliphatic rings. The zero-order valence-electron chi connectivity index (χ0n) is 8.72. The molecule has 0 amide bonds. The molecule has 0 spiro atoms. The Bertz CT molecular complexity index is 343. The van der Waals surface area contributed by atoms with E-state index in [1.165, 1.54) is 12.8 Å². The molecule has 2 N–H and O–H groups in total. The van der Waals surface area contributed by atoms with Gasteiger partial charge in [-0.25, -0.2) is 0 Å². The third-order valence-corrected chi connectivity index (χ3v) is 3.36. The van der Waals surface area contributed by atoms with E-state index in [0.29, 0.717) is 12.6 Å². The molecule has 1 aliphatic carbocycles. The minimum absolute atomic E-state index is 0.478. The van der Waals surface area contributed by atoms with Crippen molar-refractivity contribution < 1.29 is 0 Å². The molecule has 1 heterocycles. The Labute approximate surface area is 93.9 Å². The van der Waals surface area contributed by atoms with Crippen molar-refractivity contribution in [2.75, 3.05) is 5.75 Å². The van der Waals surface area contributed by atoms with Crippen LogP contribution in [0.25, 0.3) is 0 Å². The summed E-state index contributed by atoms with van der Waals surface area (Å²) in [6.45, 7) is 4.18. The first-order chi connectivity index (χ1) is 7.36. The van der Waals surface area contributed by atoms with Crippen LogP contribution in [0.5, 0.6) is 0 Å². The summed E-state index contributed by atoms with van der Waals surface area (Å²) in [5.74, 6) is 1.93. The third-order valence-electron chi connectivity index (χ3n) is 2.38. The summed E-state index contributed by atoms with van der Waals surface area (Å²) >= 11 is 1.74. The average molecular weight is 224 g/mol. The molecule has 1 fully saturated rings. The monoisotopic (exact) mass is 224 g/mol. The van der Waals surface area contributed by atoms with E-state index < -0.39 is 0 Å². The van der Waals surface area contributed by atoms with Crippen LogP contribution < -0.4 is 5.73 Å². The number of hydrogen-bond donors (Lipinski definition) is 1. The first-order valence-electron chi connectivity index (χ1n) is 5.24. The molecule has 0 bridgehead atoms. The van der Waals surface area contributed by atoms with Gasteiger partial charge in [0, 0.05) is 11.8 Å². The first kappa shape index (κ1) is 10.7. The van der Waals surface area contributed by atoms with Crippen molar-refractivity contribution >= 4 is 11.8 Å². The molecule has 0 atom stereocenters. The predicted octanol–water partition coefficient (Wildman–Crippen LogP) is 1.74. The highest BCUT2D eigenvalue weighted by Crippen LogP contribution is 2.38. The number of hydrogen-bond acceptors (Lipinski definition) is 4. The maximum absolute atomic E-state index is 5.64. The Hall–Kier alpha value is -0.810. The first-order valence-corrected chi connectivity index (χ1v) is 6.23. The van der Waals surface area contributed by atoms with Crippen LogP contribution in [0.1, 0.15) is 31.1 Å². The molecule has 2 rings (SSSR count). The minimum Gasteiger partial charge on any atom is -0.324 e. The Kier molecular flexibility index (Phi) is 3.43. The van der Waals surface area contributed by atoms with Gasteiger partial charge in [0.2, 0.25) is 0 Å². The van der Waals surface area contributed by atoms with E-state index in [2.05, 4.69) is 21.3 Å². The Morgan fingerprint density at radius 3 is 2.93 bits per heavy atom. The van der Waals surface area contributed by atoms with Crippen molar-refractivity contribution in [1.82, 2.24) is 14.8 Å². The van der Waals surface area contributed by atoms with E-state index >= 15 is 0 Å². The maximum Gasteiger partial charge on any atom is 0.191 e. The number of thioether (sulfide) groups is 1. The minimum atomic E-state index is 0.478. The van der Waals surface area contributed by atoms with Crippen LogP contribution in [-0.4, -0.2) is 20.5 Å². The normalized spacial score (nSPS) is 15.5. The van der Waals surface area contributed by atoms with Crippen molar-refractivity contribution in [3.8, 4) is 0 Å². The van der Waals surface area contributed by atoms with Crippen molar-refractivity contribution in [2.45, 2.75) is 37.0 Å². The number of nitrogens with two attached hydrogens (primary N) is 1. The number of nitrogens with zero attached hydrogens (tertiary/aromatic N) is 3. The molecule has 5 heteroatoms. The standard InChI is InChI=1S/C10H16N4S/c1-2-3-6-15-10-13-12-9(7-11)14(10)8-4-5-8/h2,8H,1,3-7,11H2. The van der Waals surface area contributed by atoms with E-state index in [4.69, 9.17) is 5.73 Å². The molecule has 1 aromatic rings. The molecule has 1 aromatic heterocycles. The van der Waals surface area contributed by atoms with E-state index in [-0.39, 0.29) is 0 Å². The molecule has 0 saturated heterocycles. The van der Waals surface area contributed by atoms with E-state index in [9.17, 15) is 0 Å². The molecule has 1 saturated carbocycles. The van der Waals surface area contributed by atoms with Gasteiger partial charge in [0.1, 0.15) is 5.82 Å². The van der Waals surface area contributed by atoms with Crippen molar-refractivity contribution in [1.29, 1.82) is 0 Å². The Balaban J connectivity index is 2.08. The molecule has 0 aliphatic heterocycles. The van der Waals surface area contributed by atoms with Crippen LogP contribution in [0.2, 0.25) is 0 Å². The quantitative estimate of drug-likeness (QED) is 0.454. The summed E-state index contributed by atoms with van der Waals surface area (Å²) < 4.78 is 2.20. The van der Waals surface area contributed by atoms with Crippen LogP contribution >= 0.6 is 11.8 Å². The van der Waals surface area contributed by atoms with Gasteiger partial charge in [0.05, 0.1) is 6.54 Å². The third kappa shape index (κ3) is 2.41. The number of allylic oxidation sites excluding steroid dienone is 1. The lowest BCUT2D eigenvalue weighted by molar-refractivity contribution is 0.626. The largest absolute Gasteiger partial charge is 0.324 e. The fourth-order valence-corrected chi connectivity index (χ4v) is 2.44. The van der Waals surface area contributed by atoms with Gasteiger partial charge in [0.15, 0.2) is 5.16 Å². The summed E-state index contributed by atoms with van der Waals surface area (Å²) in [5, 5.41) is 9.31. The second kappa shape index (κ2) is 4.81. The van der Waals surface area contributed by atoms with Crippen LogP contribution in [0.4, 0.5) is 0 Å². The smallest absolute Gasteiger partial charge is 0.191 e. The summed E-state index contributed by atoms with van der Waals surface area (Å²) in [6, 6.07) is 0.602. The zero-order chi connectivity index (χ0) is 10.7. The number of rotatable bonds is 6. The summed E-state index contributed by atoms with van der Waals surface area (Å²) in [5.41, 5.74) is 5.64. The van der Waals surface area contributed by atoms with Gasteiger partial charge in [-0.3, -0.25) is 0 Å². The second-order valence-corrected chi connectivity index (χ2v) is 4.69. The van der Waals surface area contributed by atoms with Gasteiger partial charge in [-0.2, -0.15) is 0 Å². The lowest BCUT2D eigenvalue weighted by atomic mass is 10.5. The fourth-order valence-electron chi connectivity index (χ4n) is 1.48. The number of aromatic nitrogens is 3. The van der Waals surface area contributed by atoms with Gasteiger partial charge in [0.25, 0.3) is 0 Å². The summed E-state index contributed by atoms with van der Waals surface area (Å²) in [4.78, 5) is 0. The molecule has 15 heavy (non-hydrogen) atoms. The van der Waals surface area contributed by atoms with Gasteiger partial charge < -0.3 is 10.3 Å². The van der Waals surface area contributed by atoms with E-state index in [0.717, 1.165) is 23.2 Å². The van der Waals surface area contributed by atoms with Crippen LogP contribution in [0.15, 0.2) is 17.8 Å². The Morgan fingerprint density at radius 1 is 1.53 bits per heavy atom. The van der Waals surface area contributed by atoms with Crippen LogP contribution in [-0.2, 0) is 6.54 Å². The van der Waals surface area contributed by atoms with Crippen molar-refractivity contribution in [3.63, 3.8) is 0 Å². The average Bonchev–Trinajstić information content (AvgIpc) is 3.00. The maximum atomic E-state index is 5.64. The lowest BCUT2D eigenvalue weighted by Crippen LogP contribution is -2.08. The summed E-state index contributed by atoms with van der Waals surface area (Å²) in [7, 11) is 0. The Morgan fingerprint density at radius 2 is 2.33 bits per heavy atom. The van der Waals surface area contributed by atoms with Crippen LogP contribution in [0, 0.1) is 0 Å². The zero-order valence-corrected chi connectivity index (χ0v) is 9.54. The van der Waals surface area contributed by atoms with Gasteiger partial charge in [-0.05, 0) is 19.3 Å². The highest BCUT2D eigenvalue weighted by molar-refractivity contribution is 7.99. The molecular weight excluding hydrogens is 208 g/mol.